The number of anilines is 2. The fourth-order valence-corrected chi connectivity index (χ4v) is 4.14. The highest BCUT2D eigenvalue weighted by Gasteiger charge is 2.22. The Labute approximate surface area is 197 Å². The molecule has 1 aliphatic heterocycles. The molecule has 0 spiro atoms. The van der Waals surface area contributed by atoms with Gasteiger partial charge in [-0.25, -0.2) is 9.97 Å². The summed E-state index contributed by atoms with van der Waals surface area (Å²) in [5.41, 5.74) is 2.88. The number of nitrogens with zero attached hydrogens (tertiary/aromatic N) is 10. The normalized spacial score (nSPS) is 15.1. The zero-order valence-corrected chi connectivity index (χ0v) is 19.6. The van der Waals surface area contributed by atoms with Gasteiger partial charge in [-0.1, -0.05) is 5.21 Å². The minimum absolute atomic E-state index is 0.386. The zero-order valence-electron chi connectivity index (χ0n) is 19.6. The summed E-state index contributed by atoms with van der Waals surface area (Å²) < 4.78 is 14.1. The van der Waals surface area contributed by atoms with Crippen LogP contribution in [0.15, 0.2) is 36.9 Å². The standard InChI is InChI=1S/C22H28N10O2/c1-29(18-13-25-31(15-18)16-5-8-30(9-6-16)10-11-33-2)22-24-14-19-21(26-22)32(28-27-19)17-4-7-23-20(12-17)34-3/h4,7,12-16H,5-6,8-11H2,1-3H3. The molecule has 0 aliphatic carbocycles. The molecule has 4 aromatic rings. The van der Waals surface area contributed by atoms with Crippen molar-refractivity contribution in [2.45, 2.75) is 18.9 Å². The van der Waals surface area contributed by atoms with Gasteiger partial charge in [-0.05, 0) is 18.9 Å². The lowest BCUT2D eigenvalue weighted by Crippen LogP contribution is -2.36. The summed E-state index contributed by atoms with van der Waals surface area (Å²) in [7, 11) is 5.25. The molecule has 0 saturated carbocycles. The molecule has 1 fully saturated rings. The quantitative estimate of drug-likeness (QED) is 0.383. The number of rotatable bonds is 8. The van der Waals surface area contributed by atoms with Gasteiger partial charge in [0, 0.05) is 52.3 Å². The van der Waals surface area contributed by atoms with Crippen LogP contribution in [0.4, 0.5) is 11.6 Å². The molecule has 4 aromatic heterocycles. The van der Waals surface area contributed by atoms with E-state index in [-0.39, 0.29) is 0 Å². The van der Waals surface area contributed by atoms with E-state index in [9.17, 15) is 0 Å². The van der Waals surface area contributed by atoms with Crippen LogP contribution < -0.4 is 9.64 Å². The van der Waals surface area contributed by atoms with Gasteiger partial charge < -0.3 is 19.3 Å². The molecule has 12 heteroatoms. The van der Waals surface area contributed by atoms with Gasteiger partial charge in [0.05, 0.1) is 43.5 Å². The molecule has 34 heavy (non-hydrogen) atoms. The highest BCUT2D eigenvalue weighted by atomic mass is 16.5. The summed E-state index contributed by atoms with van der Waals surface area (Å²) in [6.07, 6.45) is 9.39. The topological polar surface area (TPSA) is 112 Å². The third kappa shape index (κ3) is 4.41. The number of hydrogen-bond donors (Lipinski definition) is 0. The van der Waals surface area contributed by atoms with E-state index in [2.05, 4.69) is 41.2 Å². The van der Waals surface area contributed by atoms with Crippen molar-refractivity contribution in [2.24, 2.45) is 0 Å². The van der Waals surface area contributed by atoms with E-state index in [0.29, 0.717) is 29.0 Å². The number of piperidine rings is 1. The summed E-state index contributed by atoms with van der Waals surface area (Å²) in [6.45, 7) is 3.86. The number of likely N-dealkylation sites (tertiary alicyclic amines) is 1. The molecule has 1 aliphatic rings. The molecule has 0 aromatic carbocycles. The summed E-state index contributed by atoms with van der Waals surface area (Å²) in [5.74, 6) is 1.02. The monoisotopic (exact) mass is 464 g/mol. The van der Waals surface area contributed by atoms with Crippen molar-refractivity contribution in [2.75, 3.05) is 52.4 Å². The Kier molecular flexibility index (Phi) is 6.32. The van der Waals surface area contributed by atoms with Gasteiger partial charge in [0.1, 0.15) is 0 Å². The highest BCUT2D eigenvalue weighted by molar-refractivity contribution is 5.73. The number of aromatic nitrogens is 8. The van der Waals surface area contributed by atoms with E-state index in [4.69, 9.17) is 14.5 Å². The van der Waals surface area contributed by atoms with Crippen LogP contribution in [0.1, 0.15) is 18.9 Å². The lowest BCUT2D eigenvalue weighted by Gasteiger charge is -2.31. The molecule has 12 nitrogen and oxygen atoms in total. The number of ether oxygens (including phenoxy) is 2. The highest BCUT2D eigenvalue weighted by Crippen LogP contribution is 2.27. The number of pyridine rings is 1. The van der Waals surface area contributed by atoms with E-state index >= 15 is 0 Å². The fraction of sp³-hybridized carbons (Fsp3) is 0.455. The second-order valence-electron chi connectivity index (χ2n) is 8.24. The van der Waals surface area contributed by atoms with Crippen LogP contribution in [0.3, 0.4) is 0 Å². The first-order chi connectivity index (χ1) is 16.7. The summed E-state index contributed by atoms with van der Waals surface area (Å²) in [5, 5.41) is 13.1. The average Bonchev–Trinajstić information content (AvgIpc) is 3.55. The summed E-state index contributed by atoms with van der Waals surface area (Å²) >= 11 is 0. The molecule has 5 rings (SSSR count). The molecule has 0 N–H and O–H groups in total. The number of methoxy groups -OCH3 is 2. The number of fused-ring (bicyclic) bond motifs is 1. The van der Waals surface area contributed by atoms with Gasteiger partial charge in [-0.3, -0.25) is 4.68 Å². The maximum absolute atomic E-state index is 5.23. The van der Waals surface area contributed by atoms with Gasteiger partial charge >= 0.3 is 0 Å². The van der Waals surface area contributed by atoms with Crippen LogP contribution in [0, 0.1) is 0 Å². The first kappa shape index (κ1) is 22.2. The predicted molar refractivity (Wildman–Crippen MR) is 126 cm³/mol. The largest absolute Gasteiger partial charge is 0.481 e. The molecular weight excluding hydrogens is 436 g/mol. The van der Waals surface area contributed by atoms with Crippen LogP contribution in [-0.4, -0.2) is 92.1 Å². The summed E-state index contributed by atoms with van der Waals surface area (Å²) in [4.78, 5) is 17.7. The molecule has 178 valence electrons. The van der Waals surface area contributed by atoms with Crippen molar-refractivity contribution < 1.29 is 9.47 Å². The summed E-state index contributed by atoms with van der Waals surface area (Å²) in [6, 6.07) is 3.99. The van der Waals surface area contributed by atoms with Crippen molar-refractivity contribution in [3.05, 3.63) is 36.9 Å². The first-order valence-electron chi connectivity index (χ1n) is 11.2. The van der Waals surface area contributed by atoms with Gasteiger partial charge in [0.25, 0.3) is 0 Å². The minimum Gasteiger partial charge on any atom is -0.481 e. The van der Waals surface area contributed by atoms with Crippen molar-refractivity contribution >= 4 is 22.8 Å². The predicted octanol–water partition coefficient (Wildman–Crippen LogP) is 1.86. The lowest BCUT2D eigenvalue weighted by atomic mass is 10.1. The van der Waals surface area contributed by atoms with Crippen LogP contribution in [0.2, 0.25) is 0 Å². The Morgan fingerprint density at radius 1 is 1.15 bits per heavy atom. The Balaban J connectivity index is 1.34. The van der Waals surface area contributed by atoms with E-state index in [1.54, 1.807) is 37.4 Å². The van der Waals surface area contributed by atoms with Crippen LogP contribution in [-0.2, 0) is 4.74 Å². The molecular formula is C22H28N10O2. The SMILES string of the molecule is COCCN1CCC(n2cc(N(C)c3ncc4nnn(-c5ccnc(OC)c5)c4n3)cn2)CC1. The smallest absolute Gasteiger partial charge is 0.231 e. The minimum atomic E-state index is 0.386. The average molecular weight is 465 g/mol. The van der Waals surface area contributed by atoms with Gasteiger partial charge in [-0.15, -0.1) is 5.10 Å². The third-order valence-electron chi connectivity index (χ3n) is 6.17. The fourth-order valence-electron chi connectivity index (χ4n) is 4.14. The lowest BCUT2D eigenvalue weighted by molar-refractivity contribution is 0.119. The number of hydrogen-bond acceptors (Lipinski definition) is 10. The van der Waals surface area contributed by atoms with Gasteiger partial charge in [-0.2, -0.15) is 14.8 Å². The van der Waals surface area contributed by atoms with Crippen LogP contribution in [0.5, 0.6) is 5.88 Å². The second kappa shape index (κ2) is 9.69. The van der Waals surface area contributed by atoms with Crippen molar-refractivity contribution in [3.63, 3.8) is 0 Å². The van der Waals surface area contributed by atoms with Crippen LogP contribution in [0.25, 0.3) is 16.9 Å². The molecule has 5 heterocycles. The van der Waals surface area contributed by atoms with E-state index in [0.717, 1.165) is 50.5 Å². The maximum atomic E-state index is 5.23. The van der Waals surface area contributed by atoms with Crippen molar-refractivity contribution in [1.29, 1.82) is 0 Å². The molecule has 1 saturated heterocycles. The first-order valence-corrected chi connectivity index (χ1v) is 11.2. The molecule has 0 unspecified atom stereocenters. The maximum Gasteiger partial charge on any atom is 0.231 e. The molecule has 0 amide bonds. The van der Waals surface area contributed by atoms with Crippen molar-refractivity contribution in [3.8, 4) is 11.6 Å². The molecule has 0 bridgehead atoms. The van der Waals surface area contributed by atoms with Crippen LogP contribution >= 0.6 is 0 Å². The Hall–Kier alpha value is -3.64. The van der Waals surface area contributed by atoms with E-state index in [1.165, 1.54) is 0 Å². The van der Waals surface area contributed by atoms with Gasteiger partial charge in [0.15, 0.2) is 11.2 Å². The third-order valence-corrected chi connectivity index (χ3v) is 6.17. The molecule has 0 radical (unpaired) electrons. The van der Waals surface area contributed by atoms with E-state index < -0.39 is 0 Å². The Bertz CT molecular complexity index is 1250. The zero-order chi connectivity index (χ0) is 23.5. The van der Waals surface area contributed by atoms with Gasteiger partial charge in [0.2, 0.25) is 11.8 Å². The Morgan fingerprint density at radius 3 is 2.79 bits per heavy atom. The Morgan fingerprint density at radius 2 is 2.00 bits per heavy atom. The molecule has 0 atom stereocenters. The second-order valence-corrected chi connectivity index (χ2v) is 8.24. The van der Waals surface area contributed by atoms with Crippen molar-refractivity contribution in [1.82, 2.24) is 44.6 Å². The van der Waals surface area contributed by atoms with E-state index in [1.807, 2.05) is 24.2 Å².